The Morgan fingerprint density at radius 3 is 2.61 bits per heavy atom. The summed E-state index contributed by atoms with van der Waals surface area (Å²) in [4.78, 5) is 15.8. The summed E-state index contributed by atoms with van der Waals surface area (Å²) in [6, 6.07) is 9.62. The van der Waals surface area contributed by atoms with Gasteiger partial charge in [-0.3, -0.25) is 4.79 Å². The summed E-state index contributed by atoms with van der Waals surface area (Å²) in [6.45, 7) is 1.32. The zero-order valence-corrected chi connectivity index (χ0v) is 19.2. The van der Waals surface area contributed by atoms with Crippen LogP contribution in [0.4, 0.5) is 5.69 Å². The number of hydrogen-bond donors (Lipinski definition) is 2. The summed E-state index contributed by atoms with van der Waals surface area (Å²) in [5.41, 5.74) is 1.23. The number of aromatic nitrogens is 2. The Kier molecular flexibility index (Phi) is 6.34. The predicted molar refractivity (Wildman–Crippen MR) is 120 cm³/mol. The summed E-state index contributed by atoms with van der Waals surface area (Å²) >= 11 is 0. The molecule has 2 N–H and O–H groups in total. The van der Waals surface area contributed by atoms with Gasteiger partial charge in [-0.2, -0.15) is 4.98 Å². The SMILES string of the molecule is COc1ccc(CNS(=O)(=O)c2cc(NC(C)=O)ccc2-c2noc(C3CC3)n2)c(OC)c1. The van der Waals surface area contributed by atoms with Crippen molar-refractivity contribution in [2.45, 2.75) is 37.1 Å². The molecule has 1 saturated carbocycles. The number of methoxy groups -OCH3 is 2. The average molecular weight is 473 g/mol. The summed E-state index contributed by atoms with van der Waals surface area (Å²) in [5.74, 6) is 1.65. The fourth-order valence-corrected chi connectivity index (χ4v) is 4.53. The molecule has 174 valence electrons. The van der Waals surface area contributed by atoms with E-state index in [1.165, 1.54) is 27.2 Å². The van der Waals surface area contributed by atoms with Gasteiger partial charge in [-0.05, 0) is 37.1 Å². The summed E-state index contributed by atoms with van der Waals surface area (Å²) in [7, 11) is -1.01. The molecule has 4 rings (SSSR count). The molecule has 33 heavy (non-hydrogen) atoms. The lowest BCUT2D eigenvalue weighted by atomic mass is 10.2. The van der Waals surface area contributed by atoms with Gasteiger partial charge in [-0.25, -0.2) is 13.1 Å². The number of ether oxygens (including phenoxy) is 2. The van der Waals surface area contributed by atoms with Gasteiger partial charge in [0.15, 0.2) is 0 Å². The van der Waals surface area contributed by atoms with E-state index in [-0.39, 0.29) is 34.7 Å². The van der Waals surface area contributed by atoms with Crippen LogP contribution in [0.2, 0.25) is 0 Å². The van der Waals surface area contributed by atoms with Gasteiger partial charge in [-0.15, -0.1) is 0 Å². The van der Waals surface area contributed by atoms with E-state index >= 15 is 0 Å². The van der Waals surface area contributed by atoms with Crippen molar-refractivity contribution in [3.05, 3.63) is 47.9 Å². The molecule has 2 aromatic carbocycles. The summed E-state index contributed by atoms with van der Waals surface area (Å²) in [5, 5.41) is 6.58. The maximum atomic E-state index is 13.3. The van der Waals surface area contributed by atoms with Crippen LogP contribution in [0.1, 0.15) is 37.1 Å². The van der Waals surface area contributed by atoms with Crippen molar-refractivity contribution in [2.24, 2.45) is 0 Å². The number of amides is 1. The van der Waals surface area contributed by atoms with Crippen LogP contribution in [0, 0.1) is 0 Å². The van der Waals surface area contributed by atoms with Crippen molar-refractivity contribution in [1.82, 2.24) is 14.9 Å². The van der Waals surface area contributed by atoms with E-state index in [1.54, 1.807) is 30.3 Å². The molecule has 1 heterocycles. The maximum absolute atomic E-state index is 13.3. The van der Waals surface area contributed by atoms with Crippen LogP contribution in [0.3, 0.4) is 0 Å². The number of carbonyl (C=O) groups is 1. The highest BCUT2D eigenvalue weighted by atomic mass is 32.2. The summed E-state index contributed by atoms with van der Waals surface area (Å²) in [6.07, 6.45) is 1.94. The highest BCUT2D eigenvalue weighted by Crippen LogP contribution is 2.40. The minimum Gasteiger partial charge on any atom is -0.497 e. The van der Waals surface area contributed by atoms with Gasteiger partial charge in [0.05, 0.1) is 19.1 Å². The molecule has 0 spiro atoms. The molecule has 0 bridgehead atoms. The second-order valence-electron chi connectivity index (χ2n) is 7.62. The van der Waals surface area contributed by atoms with Crippen LogP contribution < -0.4 is 19.5 Å². The van der Waals surface area contributed by atoms with Crippen molar-refractivity contribution >= 4 is 21.6 Å². The van der Waals surface area contributed by atoms with Crippen LogP contribution in [0.15, 0.2) is 45.8 Å². The molecule has 1 fully saturated rings. The summed E-state index contributed by atoms with van der Waals surface area (Å²) < 4.78 is 45.1. The quantitative estimate of drug-likeness (QED) is 0.486. The molecule has 1 aliphatic carbocycles. The van der Waals surface area contributed by atoms with Gasteiger partial charge in [-0.1, -0.05) is 11.2 Å². The van der Waals surface area contributed by atoms with E-state index in [1.807, 2.05) is 0 Å². The molecule has 1 aliphatic rings. The number of hydrogen-bond acceptors (Lipinski definition) is 8. The van der Waals surface area contributed by atoms with Crippen molar-refractivity contribution in [1.29, 1.82) is 0 Å². The van der Waals surface area contributed by atoms with Gasteiger partial charge in [0, 0.05) is 42.3 Å². The third-order valence-electron chi connectivity index (χ3n) is 5.15. The molecule has 3 aromatic rings. The third kappa shape index (κ3) is 5.15. The molecule has 1 amide bonds. The zero-order chi connectivity index (χ0) is 23.6. The molecule has 0 unspecified atom stereocenters. The number of nitrogens with one attached hydrogen (secondary N) is 2. The van der Waals surface area contributed by atoms with Crippen LogP contribution in [-0.4, -0.2) is 38.7 Å². The number of rotatable bonds is 9. The fraction of sp³-hybridized carbons (Fsp3) is 0.318. The Morgan fingerprint density at radius 1 is 1.15 bits per heavy atom. The highest BCUT2D eigenvalue weighted by Gasteiger charge is 2.31. The van der Waals surface area contributed by atoms with Crippen molar-refractivity contribution < 1.29 is 27.2 Å². The standard InChI is InChI=1S/C22H24N4O6S/c1-13(27)24-16-7-9-18(21-25-22(32-26-21)14-4-5-14)20(10-16)33(28,29)23-12-15-6-8-17(30-2)11-19(15)31-3/h6-11,14,23H,4-5,12H2,1-3H3,(H,24,27). The highest BCUT2D eigenvalue weighted by molar-refractivity contribution is 7.89. The zero-order valence-electron chi connectivity index (χ0n) is 18.4. The fourth-order valence-electron chi connectivity index (χ4n) is 3.30. The van der Waals surface area contributed by atoms with Crippen molar-refractivity contribution in [3.8, 4) is 22.9 Å². The minimum absolute atomic E-state index is 0.0289. The molecule has 0 aliphatic heterocycles. The largest absolute Gasteiger partial charge is 0.497 e. The molecule has 11 heteroatoms. The van der Waals surface area contributed by atoms with Gasteiger partial charge in [0.2, 0.25) is 27.6 Å². The average Bonchev–Trinajstić information content (AvgIpc) is 3.54. The van der Waals surface area contributed by atoms with Crippen LogP contribution >= 0.6 is 0 Å². The van der Waals surface area contributed by atoms with Crippen molar-refractivity contribution in [3.63, 3.8) is 0 Å². The second kappa shape index (κ2) is 9.20. The molecular formula is C22H24N4O6S. The predicted octanol–water partition coefficient (Wildman–Crippen LogP) is 3.07. The lowest BCUT2D eigenvalue weighted by Gasteiger charge is -2.14. The Morgan fingerprint density at radius 2 is 1.94 bits per heavy atom. The topological polar surface area (TPSA) is 133 Å². The van der Waals surface area contributed by atoms with Crippen LogP contribution in [0.25, 0.3) is 11.4 Å². The lowest BCUT2D eigenvalue weighted by Crippen LogP contribution is -2.24. The Labute approximate surface area is 191 Å². The minimum atomic E-state index is -4.04. The van der Waals surface area contributed by atoms with Gasteiger partial charge >= 0.3 is 0 Å². The first kappa shape index (κ1) is 22.7. The first-order valence-electron chi connectivity index (χ1n) is 10.3. The molecule has 0 saturated heterocycles. The normalized spacial score (nSPS) is 13.5. The maximum Gasteiger partial charge on any atom is 0.241 e. The smallest absolute Gasteiger partial charge is 0.241 e. The first-order valence-corrected chi connectivity index (χ1v) is 11.7. The third-order valence-corrected chi connectivity index (χ3v) is 6.59. The lowest BCUT2D eigenvalue weighted by molar-refractivity contribution is -0.114. The van der Waals surface area contributed by atoms with E-state index < -0.39 is 10.0 Å². The Balaban J connectivity index is 1.67. The first-order chi connectivity index (χ1) is 15.8. The monoisotopic (exact) mass is 472 g/mol. The Hall–Kier alpha value is -3.44. The molecule has 0 atom stereocenters. The van der Waals surface area contributed by atoms with Crippen LogP contribution in [0.5, 0.6) is 11.5 Å². The number of benzene rings is 2. The molecule has 10 nitrogen and oxygen atoms in total. The van der Waals surface area contributed by atoms with E-state index in [4.69, 9.17) is 14.0 Å². The van der Waals surface area contributed by atoms with E-state index in [2.05, 4.69) is 20.2 Å². The van der Waals surface area contributed by atoms with Crippen molar-refractivity contribution in [2.75, 3.05) is 19.5 Å². The van der Waals surface area contributed by atoms with Gasteiger partial charge < -0.3 is 19.3 Å². The number of carbonyl (C=O) groups excluding carboxylic acids is 1. The second-order valence-corrected chi connectivity index (χ2v) is 9.36. The van der Waals surface area contributed by atoms with E-state index in [9.17, 15) is 13.2 Å². The van der Waals surface area contributed by atoms with E-state index in [0.717, 1.165) is 12.8 Å². The number of anilines is 1. The number of nitrogens with zero attached hydrogens (tertiary/aromatic N) is 2. The molecule has 0 radical (unpaired) electrons. The number of sulfonamides is 1. The Bertz CT molecular complexity index is 1280. The molecule has 1 aromatic heterocycles. The van der Waals surface area contributed by atoms with Gasteiger partial charge in [0.1, 0.15) is 11.5 Å². The molecular weight excluding hydrogens is 448 g/mol. The van der Waals surface area contributed by atoms with E-state index in [0.29, 0.717) is 28.6 Å². The van der Waals surface area contributed by atoms with Crippen LogP contribution in [-0.2, 0) is 21.4 Å². The van der Waals surface area contributed by atoms with Gasteiger partial charge in [0.25, 0.3) is 0 Å².